The van der Waals surface area contributed by atoms with Crippen LogP contribution in [0.2, 0.25) is 0 Å². The average Bonchev–Trinajstić information content (AvgIpc) is 2.74. The molecule has 0 bridgehead atoms. The first-order valence-electron chi connectivity index (χ1n) is 5.72. The maximum Gasteiger partial charge on any atom is 0.134 e. The number of rotatable bonds is 1. The summed E-state index contributed by atoms with van der Waals surface area (Å²) in [5.41, 5.74) is 2.19. The Morgan fingerprint density at radius 1 is 1.25 bits per heavy atom. The van der Waals surface area contributed by atoms with Crippen LogP contribution in [0.3, 0.4) is 0 Å². The highest BCUT2D eigenvalue weighted by Gasteiger charge is 2.31. The number of hydrogen-bond donors (Lipinski definition) is 2. The average molecular weight is 216 g/mol. The second kappa shape index (κ2) is 3.61. The van der Waals surface area contributed by atoms with Gasteiger partial charge in [-0.2, -0.15) is 0 Å². The highest BCUT2D eigenvalue weighted by Crippen LogP contribution is 2.30. The molecule has 1 aromatic carbocycles. The predicted molar refractivity (Wildman–Crippen MR) is 64.4 cm³/mol. The van der Waals surface area contributed by atoms with Gasteiger partial charge in [0.15, 0.2) is 0 Å². The van der Waals surface area contributed by atoms with Crippen LogP contribution in [0.5, 0.6) is 0 Å². The molecule has 1 unspecified atom stereocenters. The van der Waals surface area contributed by atoms with Crippen molar-refractivity contribution in [3.05, 3.63) is 36.1 Å². The number of fused-ring (bicyclic) bond motifs is 1. The van der Waals surface area contributed by atoms with Gasteiger partial charge in [-0.05, 0) is 13.0 Å². The predicted octanol–water partition coefficient (Wildman–Crippen LogP) is 1.84. The first-order valence-corrected chi connectivity index (χ1v) is 5.72. The molecule has 1 aliphatic rings. The minimum Gasteiger partial charge on any atom is -0.464 e. The normalized spacial score (nSPS) is 26.1. The van der Waals surface area contributed by atoms with Crippen LogP contribution in [0.25, 0.3) is 11.0 Å². The Hall–Kier alpha value is -1.32. The molecule has 0 aliphatic carbocycles. The maximum absolute atomic E-state index is 5.60. The fraction of sp³-hybridized carbons (Fsp3) is 0.385. The van der Waals surface area contributed by atoms with Crippen molar-refractivity contribution < 1.29 is 4.42 Å². The Kier molecular flexibility index (Phi) is 2.23. The van der Waals surface area contributed by atoms with Crippen molar-refractivity contribution in [3.63, 3.8) is 0 Å². The van der Waals surface area contributed by atoms with Crippen LogP contribution < -0.4 is 10.6 Å². The highest BCUT2D eigenvalue weighted by molar-refractivity contribution is 5.82. The third-order valence-corrected chi connectivity index (χ3v) is 3.37. The zero-order valence-corrected chi connectivity index (χ0v) is 9.42. The Labute approximate surface area is 94.8 Å². The largest absolute Gasteiger partial charge is 0.464 e. The molecule has 1 saturated heterocycles. The van der Waals surface area contributed by atoms with E-state index in [9.17, 15) is 0 Å². The minimum absolute atomic E-state index is 0.0230. The second-order valence-corrected chi connectivity index (χ2v) is 4.58. The van der Waals surface area contributed by atoms with Crippen LogP contribution in [0.1, 0.15) is 12.5 Å². The molecule has 2 heterocycles. The summed E-state index contributed by atoms with van der Waals surface area (Å²) in [6, 6.07) is 8.19. The first kappa shape index (κ1) is 9.87. The summed E-state index contributed by atoms with van der Waals surface area (Å²) in [6.07, 6.45) is 1.88. The molecule has 0 radical (unpaired) electrons. The van der Waals surface area contributed by atoms with Gasteiger partial charge < -0.3 is 15.1 Å². The quantitative estimate of drug-likeness (QED) is 0.763. The zero-order chi connectivity index (χ0) is 11.0. The van der Waals surface area contributed by atoms with E-state index >= 15 is 0 Å². The van der Waals surface area contributed by atoms with E-state index in [4.69, 9.17) is 4.42 Å². The van der Waals surface area contributed by atoms with Gasteiger partial charge in [0.1, 0.15) is 5.58 Å². The zero-order valence-electron chi connectivity index (χ0n) is 9.42. The number of benzene rings is 1. The van der Waals surface area contributed by atoms with E-state index in [0.29, 0.717) is 0 Å². The van der Waals surface area contributed by atoms with Gasteiger partial charge in [-0.1, -0.05) is 18.2 Å². The standard InChI is InChI=1S/C13H16N2O/c1-13(9-14-6-7-15-13)11-8-16-12-5-3-2-4-10(11)12/h2-5,8,14-15H,6-7,9H2,1H3. The lowest BCUT2D eigenvalue weighted by Gasteiger charge is -2.35. The van der Waals surface area contributed by atoms with Crippen molar-refractivity contribution >= 4 is 11.0 Å². The second-order valence-electron chi connectivity index (χ2n) is 4.58. The summed E-state index contributed by atoms with van der Waals surface area (Å²) in [4.78, 5) is 0. The molecule has 1 aliphatic heterocycles. The van der Waals surface area contributed by atoms with Gasteiger partial charge in [-0.25, -0.2) is 0 Å². The number of furan rings is 1. The van der Waals surface area contributed by atoms with Gasteiger partial charge >= 0.3 is 0 Å². The summed E-state index contributed by atoms with van der Waals surface area (Å²) in [7, 11) is 0. The minimum atomic E-state index is -0.0230. The van der Waals surface area contributed by atoms with Crippen molar-refractivity contribution in [2.45, 2.75) is 12.5 Å². The lowest BCUT2D eigenvalue weighted by atomic mass is 9.90. The summed E-state index contributed by atoms with van der Waals surface area (Å²) < 4.78 is 5.60. The molecule has 0 spiro atoms. The van der Waals surface area contributed by atoms with Gasteiger partial charge in [0.05, 0.1) is 11.8 Å². The van der Waals surface area contributed by atoms with E-state index in [1.54, 1.807) is 0 Å². The van der Waals surface area contributed by atoms with E-state index in [2.05, 4.69) is 29.7 Å². The Morgan fingerprint density at radius 2 is 2.12 bits per heavy atom. The van der Waals surface area contributed by atoms with Crippen molar-refractivity contribution in [2.75, 3.05) is 19.6 Å². The molecule has 3 heteroatoms. The van der Waals surface area contributed by atoms with E-state index < -0.39 is 0 Å². The Morgan fingerprint density at radius 3 is 2.94 bits per heavy atom. The van der Waals surface area contributed by atoms with Crippen LogP contribution in [-0.4, -0.2) is 19.6 Å². The van der Waals surface area contributed by atoms with Crippen molar-refractivity contribution in [2.24, 2.45) is 0 Å². The fourth-order valence-corrected chi connectivity index (χ4v) is 2.42. The van der Waals surface area contributed by atoms with Crippen LogP contribution in [0, 0.1) is 0 Å². The molecule has 1 atom stereocenters. The lowest BCUT2D eigenvalue weighted by Crippen LogP contribution is -2.54. The van der Waals surface area contributed by atoms with E-state index in [1.807, 2.05) is 18.4 Å². The monoisotopic (exact) mass is 216 g/mol. The molecule has 0 amide bonds. The molecule has 1 fully saturated rings. The third-order valence-electron chi connectivity index (χ3n) is 3.37. The number of para-hydroxylation sites is 1. The van der Waals surface area contributed by atoms with Crippen molar-refractivity contribution in [1.82, 2.24) is 10.6 Å². The van der Waals surface area contributed by atoms with Crippen LogP contribution in [0.15, 0.2) is 34.9 Å². The van der Waals surface area contributed by atoms with Gasteiger partial charge in [-0.15, -0.1) is 0 Å². The molecule has 16 heavy (non-hydrogen) atoms. The molecular formula is C13H16N2O. The van der Waals surface area contributed by atoms with Crippen molar-refractivity contribution in [1.29, 1.82) is 0 Å². The summed E-state index contributed by atoms with van der Waals surface area (Å²) in [5, 5.41) is 8.20. The van der Waals surface area contributed by atoms with E-state index in [1.165, 1.54) is 10.9 Å². The molecule has 2 aromatic rings. The summed E-state index contributed by atoms with van der Waals surface area (Å²) in [6.45, 7) is 5.19. The number of piperazine rings is 1. The van der Waals surface area contributed by atoms with Gasteiger partial charge in [0.2, 0.25) is 0 Å². The molecule has 84 valence electrons. The highest BCUT2D eigenvalue weighted by atomic mass is 16.3. The van der Waals surface area contributed by atoms with E-state index in [0.717, 1.165) is 25.2 Å². The summed E-state index contributed by atoms with van der Waals surface area (Å²) >= 11 is 0. The molecule has 1 aromatic heterocycles. The molecule has 0 saturated carbocycles. The number of nitrogens with one attached hydrogen (secondary N) is 2. The van der Waals surface area contributed by atoms with Gasteiger partial charge in [-0.3, -0.25) is 0 Å². The fourth-order valence-electron chi connectivity index (χ4n) is 2.42. The van der Waals surface area contributed by atoms with Crippen molar-refractivity contribution in [3.8, 4) is 0 Å². The molecule has 3 nitrogen and oxygen atoms in total. The third kappa shape index (κ3) is 1.44. The van der Waals surface area contributed by atoms with Crippen LogP contribution in [-0.2, 0) is 5.54 Å². The molecule has 3 rings (SSSR count). The Balaban J connectivity index is 2.11. The Bertz CT molecular complexity index is 497. The van der Waals surface area contributed by atoms with Gasteiger partial charge in [0, 0.05) is 30.6 Å². The molecule has 2 N–H and O–H groups in total. The maximum atomic E-state index is 5.60. The SMILES string of the molecule is CC1(c2coc3ccccc23)CNCCN1. The smallest absolute Gasteiger partial charge is 0.134 e. The topological polar surface area (TPSA) is 37.2 Å². The molecular weight excluding hydrogens is 200 g/mol. The van der Waals surface area contributed by atoms with Gasteiger partial charge in [0.25, 0.3) is 0 Å². The van der Waals surface area contributed by atoms with Crippen LogP contribution >= 0.6 is 0 Å². The van der Waals surface area contributed by atoms with E-state index in [-0.39, 0.29) is 5.54 Å². The lowest BCUT2D eigenvalue weighted by molar-refractivity contribution is 0.302. The number of hydrogen-bond acceptors (Lipinski definition) is 3. The first-order chi connectivity index (χ1) is 7.80. The van der Waals surface area contributed by atoms with Crippen LogP contribution in [0.4, 0.5) is 0 Å². The summed E-state index contributed by atoms with van der Waals surface area (Å²) in [5.74, 6) is 0.